The molecule has 1 saturated carbocycles. The van der Waals surface area contributed by atoms with Crippen molar-refractivity contribution in [1.82, 2.24) is 5.32 Å². The molecule has 0 spiro atoms. The Morgan fingerprint density at radius 2 is 2.00 bits per heavy atom. The highest BCUT2D eigenvalue weighted by Gasteiger charge is 2.31. The molecule has 3 nitrogen and oxygen atoms in total. The van der Waals surface area contributed by atoms with E-state index in [4.69, 9.17) is 0 Å². The van der Waals surface area contributed by atoms with E-state index in [1.54, 1.807) is 0 Å². The molecule has 1 fully saturated rings. The van der Waals surface area contributed by atoms with Crippen LogP contribution in [0, 0.1) is 5.92 Å². The summed E-state index contributed by atoms with van der Waals surface area (Å²) in [5.41, 5.74) is -0.499. The molecular formula is C13H14BrF3N2O. The molecule has 0 heterocycles. The normalized spacial score (nSPS) is 15.0. The highest BCUT2D eigenvalue weighted by atomic mass is 79.9. The monoisotopic (exact) mass is 350 g/mol. The molecule has 2 rings (SSSR count). The molecular weight excluding hydrogens is 337 g/mol. The number of anilines is 1. The molecule has 1 aliphatic rings. The Hall–Kier alpha value is -1.24. The highest BCUT2D eigenvalue weighted by Crippen LogP contribution is 2.33. The molecule has 1 amide bonds. The third-order valence-electron chi connectivity index (χ3n) is 2.96. The van der Waals surface area contributed by atoms with E-state index in [2.05, 4.69) is 26.6 Å². The minimum Gasteiger partial charge on any atom is -0.376 e. The zero-order valence-corrected chi connectivity index (χ0v) is 12.1. The van der Waals surface area contributed by atoms with Gasteiger partial charge in [0.15, 0.2) is 0 Å². The van der Waals surface area contributed by atoms with Gasteiger partial charge < -0.3 is 10.6 Å². The largest absolute Gasteiger partial charge is 0.416 e. The average Bonchev–Trinajstić information content (AvgIpc) is 3.16. The number of nitrogens with one attached hydrogen (secondary N) is 2. The van der Waals surface area contributed by atoms with Crippen molar-refractivity contribution in [2.24, 2.45) is 5.92 Å². The third-order valence-corrected chi connectivity index (χ3v) is 3.42. The molecule has 0 aromatic heterocycles. The van der Waals surface area contributed by atoms with Crippen molar-refractivity contribution in [2.45, 2.75) is 19.0 Å². The van der Waals surface area contributed by atoms with Crippen LogP contribution in [0.15, 0.2) is 22.7 Å². The minimum absolute atomic E-state index is 0.0412. The Morgan fingerprint density at radius 3 is 2.60 bits per heavy atom. The van der Waals surface area contributed by atoms with Gasteiger partial charge in [0.1, 0.15) is 0 Å². The summed E-state index contributed by atoms with van der Waals surface area (Å²) < 4.78 is 38.2. The van der Waals surface area contributed by atoms with Crippen LogP contribution in [0.25, 0.3) is 0 Å². The Morgan fingerprint density at radius 1 is 1.30 bits per heavy atom. The van der Waals surface area contributed by atoms with Gasteiger partial charge >= 0.3 is 6.18 Å². The zero-order valence-electron chi connectivity index (χ0n) is 10.6. The minimum atomic E-state index is -4.41. The zero-order chi connectivity index (χ0) is 14.8. The van der Waals surface area contributed by atoms with Crippen LogP contribution in [-0.2, 0) is 11.0 Å². The molecule has 2 N–H and O–H groups in total. The van der Waals surface area contributed by atoms with Crippen molar-refractivity contribution in [2.75, 3.05) is 18.4 Å². The molecule has 20 heavy (non-hydrogen) atoms. The predicted octanol–water partition coefficient (Wildman–Crippen LogP) is 3.41. The lowest BCUT2D eigenvalue weighted by Crippen LogP contribution is -2.31. The van der Waals surface area contributed by atoms with Crippen LogP contribution in [0.3, 0.4) is 0 Å². The van der Waals surface area contributed by atoms with Gasteiger partial charge in [0.25, 0.3) is 0 Å². The van der Waals surface area contributed by atoms with Gasteiger partial charge in [0.2, 0.25) is 5.91 Å². The van der Waals surface area contributed by atoms with E-state index in [0.717, 1.165) is 25.0 Å². The quantitative estimate of drug-likeness (QED) is 0.854. The van der Waals surface area contributed by atoms with Gasteiger partial charge in [-0.3, -0.25) is 4.79 Å². The first-order chi connectivity index (χ1) is 9.34. The van der Waals surface area contributed by atoms with Crippen molar-refractivity contribution in [3.8, 4) is 0 Å². The summed E-state index contributed by atoms with van der Waals surface area (Å²) in [7, 11) is 0. The summed E-state index contributed by atoms with van der Waals surface area (Å²) in [6.07, 6.45) is -2.14. The summed E-state index contributed by atoms with van der Waals surface area (Å²) in [5, 5.41) is 5.44. The molecule has 1 aromatic rings. The molecule has 7 heteroatoms. The number of hydrogen-bond acceptors (Lipinski definition) is 2. The number of halogens is 4. The maximum atomic E-state index is 12.6. The number of carbonyl (C=O) groups excluding carboxylic acids is 1. The molecule has 1 aromatic carbocycles. The molecule has 0 bridgehead atoms. The first-order valence-electron chi connectivity index (χ1n) is 6.23. The summed E-state index contributed by atoms with van der Waals surface area (Å²) in [6.45, 7) is 0.604. The van der Waals surface area contributed by atoms with Crippen molar-refractivity contribution in [3.05, 3.63) is 28.2 Å². The topological polar surface area (TPSA) is 41.1 Å². The van der Waals surface area contributed by atoms with E-state index < -0.39 is 11.7 Å². The number of alkyl halides is 3. The lowest BCUT2D eigenvalue weighted by Gasteiger charge is -2.12. The van der Waals surface area contributed by atoms with E-state index in [1.807, 2.05) is 0 Å². The van der Waals surface area contributed by atoms with E-state index in [9.17, 15) is 18.0 Å². The molecule has 0 radical (unpaired) electrons. The highest BCUT2D eigenvalue weighted by molar-refractivity contribution is 9.10. The Labute approximate surface area is 123 Å². The molecule has 0 aliphatic heterocycles. The lowest BCUT2D eigenvalue weighted by molar-refractivity contribution is -0.137. The fraction of sp³-hybridized carbons (Fsp3) is 0.462. The number of carbonyl (C=O) groups is 1. The molecule has 0 unspecified atom stereocenters. The molecule has 1 aliphatic carbocycles. The number of amides is 1. The van der Waals surface area contributed by atoms with Gasteiger partial charge in [-0.15, -0.1) is 0 Å². The van der Waals surface area contributed by atoms with Crippen molar-refractivity contribution in [1.29, 1.82) is 0 Å². The van der Waals surface area contributed by atoms with Crippen LogP contribution >= 0.6 is 15.9 Å². The smallest absolute Gasteiger partial charge is 0.376 e. The van der Waals surface area contributed by atoms with Gasteiger partial charge in [-0.1, -0.05) is 15.9 Å². The molecule has 0 saturated heterocycles. The van der Waals surface area contributed by atoms with E-state index >= 15 is 0 Å². The summed E-state index contributed by atoms with van der Waals surface area (Å²) >= 11 is 3.03. The summed E-state index contributed by atoms with van der Waals surface area (Å²) in [4.78, 5) is 11.5. The van der Waals surface area contributed by atoms with E-state index in [1.165, 1.54) is 6.07 Å². The van der Waals surface area contributed by atoms with E-state index in [-0.39, 0.29) is 18.1 Å². The van der Waals surface area contributed by atoms with Crippen LogP contribution in [0.1, 0.15) is 18.4 Å². The first kappa shape index (κ1) is 15.2. The van der Waals surface area contributed by atoms with Crippen LogP contribution in [-0.4, -0.2) is 19.0 Å². The van der Waals surface area contributed by atoms with Gasteiger partial charge in [0, 0.05) is 16.7 Å². The van der Waals surface area contributed by atoms with Crippen molar-refractivity contribution in [3.63, 3.8) is 0 Å². The second-order valence-corrected chi connectivity index (χ2v) is 5.74. The Balaban J connectivity index is 1.91. The van der Waals surface area contributed by atoms with Crippen LogP contribution in [0.4, 0.5) is 18.9 Å². The first-order valence-corrected chi connectivity index (χ1v) is 7.02. The van der Waals surface area contributed by atoms with Gasteiger partial charge in [-0.05, 0) is 37.0 Å². The van der Waals surface area contributed by atoms with Crippen LogP contribution < -0.4 is 10.6 Å². The fourth-order valence-corrected chi connectivity index (χ4v) is 2.17. The van der Waals surface area contributed by atoms with Crippen LogP contribution in [0.5, 0.6) is 0 Å². The summed E-state index contributed by atoms with van der Waals surface area (Å²) in [6, 6.07) is 3.49. The van der Waals surface area contributed by atoms with Crippen molar-refractivity contribution >= 4 is 27.5 Å². The maximum absolute atomic E-state index is 12.6. The van der Waals surface area contributed by atoms with Gasteiger partial charge in [-0.2, -0.15) is 13.2 Å². The second kappa shape index (κ2) is 6.03. The molecule has 0 atom stereocenters. The van der Waals surface area contributed by atoms with Gasteiger partial charge in [0.05, 0.1) is 12.1 Å². The Kier molecular flexibility index (Phi) is 4.57. The maximum Gasteiger partial charge on any atom is 0.416 e. The van der Waals surface area contributed by atoms with E-state index in [0.29, 0.717) is 16.9 Å². The molecule has 110 valence electrons. The predicted molar refractivity (Wildman–Crippen MR) is 73.4 cm³/mol. The standard InChI is InChI=1S/C13H14BrF3N2O/c14-10-3-9(13(15,16)17)4-11(5-10)18-7-12(20)19-6-8-1-2-8/h3-5,8,18H,1-2,6-7H2,(H,19,20). The van der Waals surface area contributed by atoms with Gasteiger partial charge in [-0.25, -0.2) is 0 Å². The fourth-order valence-electron chi connectivity index (χ4n) is 1.68. The van der Waals surface area contributed by atoms with Crippen molar-refractivity contribution < 1.29 is 18.0 Å². The number of hydrogen-bond donors (Lipinski definition) is 2. The SMILES string of the molecule is O=C(CNc1cc(Br)cc(C(F)(F)F)c1)NCC1CC1. The average molecular weight is 351 g/mol. The number of rotatable bonds is 5. The Bertz CT molecular complexity index is 501. The number of benzene rings is 1. The van der Waals surface area contributed by atoms with Crippen LogP contribution in [0.2, 0.25) is 0 Å². The third kappa shape index (κ3) is 4.70. The summed E-state index contributed by atoms with van der Waals surface area (Å²) in [5.74, 6) is 0.354. The lowest BCUT2D eigenvalue weighted by atomic mass is 10.2. The second-order valence-electron chi connectivity index (χ2n) is 4.83.